The van der Waals surface area contributed by atoms with E-state index in [9.17, 15) is 9.90 Å². The van der Waals surface area contributed by atoms with Crippen LogP contribution in [-0.4, -0.2) is 59.8 Å². The minimum atomic E-state index is -2.41. The number of aliphatic hydroxyl groups excluding tert-OH is 1. The molecule has 1 aromatic heterocycles. The zero-order valence-corrected chi connectivity index (χ0v) is 36.6. The first-order chi connectivity index (χ1) is 29.5. The molecule has 1 fully saturated rings. The minimum Gasteiger partial charge on any atom is -0.497 e. The third-order valence-electron chi connectivity index (χ3n) is 13.4. The molecule has 5 aromatic carbocycles. The highest BCUT2D eigenvalue weighted by atomic mass is 35.5. The van der Waals surface area contributed by atoms with Crippen molar-refractivity contribution in [2.75, 3.05) is 23.5 Å². The van der Waals surface area contributed by atoms with E-state index in [2.05, 4.69) is 48.5 Å². The number of aryl methyl sites for hydroxylation is 2. The molecule has 0 radical (unpaired) electrons. The van der Waals surface area contributed by atoms with E-state index in [-0.39, 0.29) is 41.9 Å². The Labute approximate surface area is 362 Å². The number of methoxy groups -OCH3 is 1. The van der Waals surface area contributed by atoms with Crippen molar-refractivity contribution in [1.29, 1.82) is 0 Å². The van der Waals surface area contributed by atoms with E-state index in [0.717, 1.165) is 51.5 Å². The fourth-order valence-corrected chi connectivity index (χ4v) is 14.5. The lowest BCUT2D eigenvalue weighted by molar-refractivity contribution is -0.146. The second-order valence-electron chi connectivity index (χ2n) is 17.1. The van der Waals surface area contributed by atoms with Crippen LogP contribution in [0, 0.1) is 5.92 Å². The number of para-hydroxylation sites is 1. The number of rotatable bonds is 12. The van der Waals surface area contributed by atoms with Gasteiger partial charge in [-0.1, -0.05) is 115 Å². The Hall–Kier alpha value is -5.59. The number of aliphatic hydroxyl groups is 1. The smallest absolute Gasteiger partial charge is 0.264 e. The van der Waals surface area contributed by atoms with Gasteiger partial charge in [0.25, 0.3) is 5.91 Å². The largest absolute Gasteiger partial charge is 0.497 e. The first-order valence-corrected chi connectivity index (χ1v) is 24.5. The Bertz CT molecular complexity index is 2570. The van der Waals surface area contributed by atoms with Crippen molar-refractivity contribution in [3.63, 3.8) is 0 Å². The molecule has 61 heavy (non-hydrogen) atoms. The van der Waals surface area contributed by atoms with E-state index in [1.165, 1.54) is 5.19 Å². The molecule has 0 saturated carbocycles. The van der Waals surface area contributed by atoms with Gasteiger partial charge in [0.1, 0.15) is 5.75 Å². The van der Waals surface area contributed by atoms with E-state index < -0.39 is 13.7 Å². The number of carbonyl (C=O) groups is 2. The van der Waals surface area contributed by atoms with Crippen molar-refractivity contribution >= 4 is 53.7 Å². The van der Waals surface area contributed by atoms with Crippen LogP contribution in [0.2, 0.25) is 23.7 Å². The van der Waals surface area contributed by atoms with E-state index in [1.54, 1.807) is 12.0 Å². The lowest BCUT2D eigenvalue weighted by Gasteiger charge is -2.37. The monoisotopic (exact) mass is 851 g/mol. The number of hydrogen-bond donors (Lipinski definition) is 1. The van der Waals surface area contributed by atoms with Gasteiger partial charge in [0.15, 0.2) is 5.60 Å². The van der Waals surface area contributed by atoms with Gasteiger partial charge in [0, 0.05) is 41.4 Å². The molecule has 4 heterocycles. The van der Waals surface area contributed by atoms with Crippen LogP contribution in [0.25, 0.3) is 0 Å². The number of fused-ring (bicyclic) bond motifs is 3. The van der Waals surface area contributed by atoms with Gasteiger partial charge in [0.2, 0.25) is 5.91 Å². The minimum absolute atomic E-state index is 0.0124. The SMILES string of the molecule is COc1ccc([Si](C)(C)[C@H]2[C@H](CCn3cc(C(CO)c4ccccc4)nn3)O[C@@]3(C(=O)N(Cc4ccc(N5C(=O)CCc6ccccc65)cc4)c4ccc(Cl)cc43)[C@@H]2C)cc1. The van der Waals surface area contributed by atoms with Gasteiger partial charge >= 0.3 is 0 Å². The number of halogens is 1. The van der Waals surface area contributed by atoms with Crippen LogP contribution < -0.4 is 19.7 Å². The third-order valence-corrected chi connectivity index (χ3v) is 18.0. The molecule has 9 rings (SSSR count). The summed E-state index contributed by atoms with van der Waals surface area (Å²) in [4.78, 5) is 32.3. The highest BCUT2D eigenvalue weighted by Crippen LogP contribution is 2.60. The van der Waals surface area contributed by atoms with Crippen LogP contribution in [-0.2, 0) is 39.4 Å². The Morgan fingerprint density at radius 2 is 1.66 bits per heavy atom. The second-order valence-corrected chi connectivity index (χ2v) is 22.2. The number of anilines is 3. The summed E-state index contributed by atoms with van der Waals surface area (Å²) in [7, 11) is -0.740. The maximum absolute atomic E-state index is 15.4. The summed E-state index contributed by atoms with van der Waals surface area (Å²) in [5.41, 5.74) is 5.76. The van der Waals surface area contributed by atoms with Gasteiger partial charge in [-0.2, -0.15) is 0 Å². The summed E-state index contributed by atoms with van der Waals surface area (Å²) in [5.74, 6) is 0.245. The first-order valence-electron chi connectivity index (χ1n) is 21.0. The molecule has 10 nitrogen and oxygen atoms in total. The van der Waals surface area contributed by atoms with E-state index >= 15 is 4.79 Å². The fraction of sp³-hybridized carbons (Fsp3) is 0.306. The van der Waals surface area contributed by atoms with E-state index in [0.29, 0.717) is 36.6 Å². The molecule has 3 aliphatic heterocycles. The van der Waals surface area contributed by atoms with E-state index in [4.69, 9.17) is 21.1 Å². The predicted octanol–water partition coefficient (Wildman–Crippen LogP) is 8.53. The standard InChI is InChI=1S/C49H50ClN5O5Si/c1-32-47(61(3,4)39-22-20-38(59-2)21-23-39)45(26-27-53-30-42(51-52-53)40(31-56)34-10-6-5-7-11-34)60-49(32)41-28-36(50)17-24-44(41)54(48(49)58)29-33-14-18-37(19-15-33)55-43-13-9-8-12-35(43)16-25-46(55)57/h5-15,17-24,28,30,32,40,45,47,56H,16,25-27,29,31H2,1-4H3/t32-,40?,45+,47-,49+/m1/s1. The highest BCUT2D eigenvalue weighted by molar-refractivity contribution is 6.91. The molecule has 312 valence electrons. The van der Waals surface area contributed by atoms with Gasteiger partial charge in [-0.15, -0.1) is 5.10 Å². The van der Waals surface area contributed by atoms with Crippen molar-refractivity contribution in [2.24, 2.45) is 5.92 Å². The van der Waals surface area contributed by atoms with Crippen LogP contribution in [0.3, 0.4) is 0 Å². The van der Waals surface area contributed by atoms with Gasteiger partial charge in [-0.25, -0.2) is 0 Å². The number of hydrogen-bond acceptors (Lipinski definition) is 7. The molecule has 1 N–H and O–H groups in total. The summed E-state index contributed by atoms with van der Waals surface area (Å²) in [5, 5.41) is 21.1. The normalized spacial score (nSPS) is 21.5. The Balaban J connectivity index is 1.04. The lowest BCUT2D eigenvalue weighted by Crippen LogP contribution is -2.51. The predicted molar refractivity (Wildman–Crippen MR) is 241 cm³/mol. The average molecular weight is 853 g/mol. The first kappa shape index (κ1) is 40.8. The fourth-order valence-electron chi connectivity index (χ4n) is 10.3. The highest BCUT2D eigenvalue weighted by Gasteiger charge is 2.66. The Morgan fingerprint density at radius 3 is 2.39 bits per heavy atom. The van der Waals surface area contributed by atoms with Crippen molar-refractivity contribution in [3.05, 3.63) is 160 Å². The molecule has 6 aromatic rings. The molecular weight excluding hydrogens is 802 g/mol. The number of carbonyl (C=O) groups excluding carboxylic acids is 2. The van der Waals surface area contributed by atoms with Crippen LogP contribution in [0.5, 0.6) is 5.75 Å². The van der Waals surface area contributed by atoms with Crippen LogP contribution in [0.15, 0.2) is 128 Å². The van der Waals surface area contributed by atoms with Crippen LogP contribution in [0.1, 0.15) is 53.6 Å². The number of nitrogens with zero attached hydrogens (tertiary/aromatic N) is 5. The van der Waals surface area contributed by atoms with Gasteiger partial charge < -0.3 is 19.5 Å². The number of amides is 2. The molecule has 2 amide bonds. The number of aromatic nitrogens is 3. The van der Waals surface area contributed by atoms with Gasteiger partial charge in [0.05, 0.1) is 57.4 Å². The average Bonchev–Trinajstić information content (AvgIpc) is 3.94. The van der Waals surface area contributed by atoms with Crippen molar-refractivity contribution < 1.29 is 24.2 Å². The molecule has 3 aliphatic rings. The molecule has 5 atom stereocenters. The van der Waals surface area contributed by atoms with Gasteiger partial charge in [-0.3, -0.25) is 19.2 Å². The quantitative estimate of drug-likeness (QED) is 0.123. The van der Waals surface area contributed by atoms with Gasteiger partial charge in [-0.05, 0) is 83.6 Å². The summed E-state index contributed by atoms with van der Waals surface area (Å²) in [6.45, 7) is 7.65. The topological polar surface area (TPSA) is 110 Å². The zero-order chi connectivity index (χ0) is 42.5. The Kier molecular flexibility index (Phi) is 10.9. The van der Waals surface area contributed by atoms with Crippen molar-refractivity contribution in [3.8, 4) is 5.75 Å². The third kappa shape index (κ3) is 7.17. The van der Waals surface area contributed by atoms with E-state index in [1.807, 2.05) is 119 Å². The summed E-state index contributed by atoms with van der Waals surface area (Å²) in [6, 6.07) is 39.9. The summed E-state index contributed by atoms with van der Waals surface area (Å²) < 4.78 is 14.7. The van der Waals surface area contributed by atoms with Crippen molar-refractivity contribution in [2.45, 2.75) is 75.5 Å². The molecule has 0 bridgehead atoms. The second kappa shape index (κ2) is 16.4. The maximum Gasteiger partial charge on any atom is 0.264 e. The van der Waals surface area contributed by atoms with Crippen molar-refractivity contribution in [1.82, 2.24) is 15.0 Å². The molecular formula is C49H50ClN5O5Si. The lowest BCUT2D eigenvalue weighted by atomic mass is 9.82. The molecule has 1 spiro atoms. The van der Waals surface area contributed by atoms with Crippen LogP contribution >= 0.6 is 11.6 Å². The maximum atomic E-state index is 15.4. The summed E-state index contributed by atoms with van der Waals surface area (Å²) >= 11 is 6.78. The summed E-state index contributed by atoms with van der Waals surface area (Å²) in [6.07, 6.45) is 3.37. The molecule has 12 heteroatoms. The van der Waals surface area contributed by atoms with Crippen LogP contribution in [0.4, 0.5) is 17.1 Å². The molecule has 1 unspecified atom stereocenters. The molecule has 0 aliphatic carbocycles. The zero-order valence-electron chi connectivity index (χ0n) is 34.9. The number of ether oxygens (including phenoxy) is 2. The Morgan fingerprint density at radius 1 is 0.918 bits per heavy atom. The molecule has 1 saturated heterocycles. The number of benzene rings is 5.